The number of carbonyl (C=O) groups is 2. The quantitative estimate of drug-likeness (QED) is 0.384. The predicted octanol–water partition coefficient (Wildman–Crippen LogP) is 0.451. The molecule has 0 saturated carbocycles. The van der Waals surface area contributed by atoms with Crippen molar-refractivity contribution in [2.24, 2.45) is 18.1 Å². The van der Waals surface area contributed by atoms with E-state index in [2.05, 4.69) is 20.9 Å². The standard InChI is InChI=1S/C22H30BN5O5/c1-15(2)9-19(23(31)32)26-21(30)22(10-16-7-5-4-6-8-16)11-18(27-33-22)13-24-20(29)17-12-25-28(3)14-17/h4-8,12,14-15,19,31-32H,9-11,13H2,1-3H3,(H,24,29)(H,26,30)/t19-,22?/m0/s1. The summed E-state index contributed by atoms with van der Waals surface area (Å²) in [4.78, 5) is 31.4. The highest BCUT2D eigenvalue weighted by molar-refractivity contribution is 6.43. The molecule has 2 aromatic rings. The minimum absolute atomic E-state index is 0.107. The molecule has 0 saturated heterocycles. The molecule has 33 heavy (non-hydrogen) atoms. The zero-order valence-corrected chi connectivity index (χ0v) is 19.1. The van der Waals surface area contributed by atoms with Crippen molar-refractivity contribution in [3.63, 3.8) is 0 Å². The summed E-state index contributed by atoms with van der Waals surface area (Å²) in [5, 5.41) is 33.1. The van der Waals surface area contributed by atoms with Gasteiger partial charge in [-0.25, -0.2) is 0 Å². The van der Waals surface area contributed by atoms with Gasteiger partial charge in [-0.2, -0.15) is 5.10 Å². The third-order valence-electron chi connectivity index (χ3n) is 5.41. The number of aryl methyl sites for hydroxylation is 1. The van der Waals surface area contributed by atoms with Crippen LogP contribution in [0.25, 0.3) is 0 Å². The van der Waals surface area contributed by atoms with E-state index in [9.17, 15) is 19.6 Å². The molecule has 11 heteroatoms. The maximum Gasteiger partial charge on any atom is 0.475 e. The van der Waals surface area contributed by atoms with Gasteiger partial charge in [0.1, 0.15) is 0 Å². The van der Waals surface area contributed by atoms with Crippen molar-refractivity contribution in [3.8, 4) is 0 Å². The molecule has 2 heterocycles. The van der Waals surface area contributed by atoms with Gasteiger partial charge < -0.3 is 25.5 Å². The van der Waals surface area contributed by atoms with Crippen LogP contribution in [-0.2, 0) is 23.1 Å². The van der Waals surface area contributed by atoms with Gasteiger partial charge in [-0.05, 0) is 17.9 Å². The van der Waals surface area contributed by atoms with Gasteiger partial charge in [0, 0.05) is 26.1 Å². The Bertz CT molecular complexity index is 994. The molecular weight excluding hydrogens is 425 g/mol. The smallest absolute Gasteiger partial charge is 0.426 e. The highest BCUT2D eigenvalue weighted by atomic mass is 16.7. The molecule has 176 valence electrons. The monoisotopic (exact) mass is 455 g/mol. The Kier molecular flexibility index (Phi) is 7.88. The van der Waals surface area contributed by atoms with E-state index < -0.39 is 24.6 Å². The number of oxime groups is 1. The lowest BCUT2D eigenvalue weighted by Gasteiger charge is -2.29. The average Bonchev–Trinajstić information content (AvgIpc) is 3.39. The molecule has 1 aromatic carbocycles. The van der Waals surface area contributed by atoms with Crippen molar-refractivity contribution < 1.29 is 24.5 Å². The minimum Gasteiger partial charge on any atom is -0.426 e. The Morgan fingerprint density at radius 2 is 2.00 bits per heavy atom. The van der Waals surface area contributed by atoms with E-state index in [1.807, 2.05) is 44.2 Å². The van der Waals surface area contributed by atoms with E-state index in [4.69, 9.17) is 4.84 Å². The van der Waals surface area contributed by atoms with Gasteiger partial charge in [-0.15, -0.1) is 0 Å². The second-order valence-corrected chi connectivity index (χ2v) is 8.79. The largest absolute Gasteiger partial charge is 0.475 e. The number of rotatable bonds is 10. The van der Waals surface area contributed by atoms with Gasteiger partial charge in [0.2, 0.25) is 5.60 Å². The van der Waals surface area contributed by atoms with Gasteiger partial charge in [0.05, 0.1) is 30.0 Å². The van der Waals surface area contributed by atoms with E-state index >= 15 is 0 Å². The van der Waals surface area contributed by atoms with Crippen LogP contribution >= 0.6 is 0 Å². The molecule has 0 spiro atoms. The summed E-state index contributed by atoms with van der Waals surface area (Å²) in [6.45, 7) is 3.97. The Hall–Kier alpha value is -3.18. The van der Waals surface area contributed by atoms with Crippen molar-refractivity contribution >= 4 is 24.6 Å². The van der Waals surface area contributed by atoms with E-state index in [1.165, 1.54) is 10.9 Å². The molecule has 1 unspecified atom stereocenters. The SMILES string of the molecule is CC(C)C[C@H](NC(=O)C1(Cc2ccccc2)CC(CNC(=O)c2cnn(C)c2)=NO1)B(O)O. The first-order chi connectivity index (χ1) is 15.7. The number of hydrogen-bond acceptors (Lipinski definition) is 7. The molecule has 2 atom stereocenters. The third-order valence-corrected chi connectivity index (χ3v) is 5.41. The average molecular weight is 455 g/mol. The Labute approximate surface area is 193 Å². The highest BCUT2D eigenvalue weighted by Crippen LogP contribution is 2.29. The third kappa shape index (κ3) is 6.42. The number of nitrogens with one attached hydrogen (secondary N) is 2. The summed E-state index contributed by atoms with van der Waals surface area (Å²) < 4.78 is 1.53. The first-order valence-electron chi connectivity index (χ1n) is 10.9. The lowest BCUT2D eigenvalue weighted by atomic mass is 9.74. The second-order valence-electron chi connectivity index (χ2n) is 8.79. The Morgan fingerprint density at radius 1 is 1.27 bits per heavy atom. The van der Waals surface area contributed by atoms with Gasteiger partial charge >= 0.3 is 7.12 Å². The lowest BCUT2D eigenvalue weighted by Crippen LogP contribution is -2.56. The van der Waals surface area contributed by atoms with Crippen LogP contribution in [0.4, 0.5) is 0 Å². The molecule has 0 aliphatic carbocycles. The van der Waals surface area contributed by atoms with Gasteiger partial charge in [0.15, 0.2) is 0 Å². The summed E-state index contributed by atoms with van der Waals surface area (Å²) >= 11 is 0. The molecule has 0 bridgehead atoms. The zero-order valence-electron chi connectivity index (χ0n) is 19.1. The summed E-state index contributed by atoms with van der Waals surface area (Å²) in [5.74, 6) is -1.50. The van der Waals surface area contributed by atoms with Gasteiger partial charge in [-0.3, -0.25) is 14.3 Å². The van der Waals surface area contributed by atoms with E-state index in [1.54, 1.807) is 13.2 Å². The van der Waals surface area contributed by atoms with E-state index in [-0.39, 0.29) is 31.2 Å². The summed E-state index contributed by atoms with van der Waals surface area (Å²) in [5.41, 5.74) is 0.426. The predicted molar refractivity (Wildman–Crippen MR) is 123 cm³/mol. The summed E-state index contributed by atoms with van der Waals surface area (Å²) in [7, 11) is 0.0173. The van der Waals surface area contributed by atoms with E-state index in [0.29, 0.717) is 17.7 Å². The van der Waals surface area contributed by atoms with Gasteiger partial charge in [-0.1, -0.05) is 49.3 Å². The molecule has 3 rings (SSSR count). The van der Waals surface area contributed by atoms with Crippen LogP contribution in [0.3, 0.4) is 0 Å². The number of aromatic nitrogens is 2. The maximum absolute atomic E-state index is 13.3. The fraction of sp³-hybridized carbons (Fsp3) is 0.455. The summed E-state index contributed by atoms with van der Waals surface area (Å²) in [6, 6.07) is 9.37. The van der Waals surface area contributed by atoms with Crippen molar-refractivity contribution in [1.82, 2.24) is 20.4 Å². The molecule has 1 aliphatic heterocycles. The van der Waals surface area contributed by atoms with E-state index in [0.717, 1.165) is 5.56 Å². The van der Waals surface area contributed by atoms with Crippen molar-refractivity contribution in [2.75, 3.05) is 6.54 Å². The first kappa shape index (κ1) is 24.5. The number of amides is 2. The molecule has 1 aromatic heterocycles. The fourth-order valence-corrected chi connectivity index (χ4v) is 3.75. The fourth-order valence-electron chi connectivity index (χ4n) is 3.75. The van der Waals surface area contributed by atoms with Crippen LogP contribution < -0.4 is 10.6 Å². The number of nitrogens with zero attached hydrogens (tertiary/aromatic N) is 3. The molecule has 2 amide bonds. The van der Waals surface area contributed by atoms with Crippen LogP contribution in [0.15, 0.2) is 47.9 Å². The van der Waals surface area contributed by atoms with Gasteiger partial charge in [0.25, 0.3) is 11.8 Å². The van der Waals surface area contributed by atoms with Crippen LogP contribution in [-0.4, -0.2) is 62.6 Å². The zero-order chi connectivity index (χ0) is 24.0. The molecule has 0 radical (unpaired) electrons. The van der Waals surface area contributed by atoms with Crippen LogP contribution in [0.5, 0.6) is 0 Å². The molecule has 0 fully saturated rings. The lowest BCUT2D eigenvalue weighted by molar-refractivity contribution is -0.144. The van der Waals surface area contributed by atoms with Crippen LogP contribution in [0, 0.1) is 5.92 Å². The number of benzene rings is 1. The molecule has 4 N–H and O–H groups in total. The van der Waals surface area contributed by atoms with Crippen molar-refractivity contribution in [2.45, 2.75) is 44.7 Å². The molecule has 1 aliphatic rings. The van der Waals surface area contributed by atoms with Crippen LogP contribution in [0.2, 0.25) is 0 Å². The maximum atomic E-state index is 13.3. The molecule has 10 nitrogen and oxygen atoms in total. The van der Waals surface area contributed by atoms with Crippen molar-refractivity contribution in [1.29, 1.82) is 0 Å². The van der Waals surface area contributed by atoms with Crippen molar-refractivity contribution in [3.05, 3.63) is 53.9 Å². The summed E-state index contributed by atoms with van der Waals surface area (Å²) in [6.07, 6.45) is 3.84. The van der Waals surface area contributed by atoms with Crippen LogP contribution in [0.1, 0.15) is 42.6 Å². The molecular formula is C22H30BN5O5. The normalized spacial score (nSPS) is 18.4. The Balaban J connectivity index is 1.72. The highest BCUT2D eigenvalue weighted by Gasteiger charge is 2.48. The number of carbonyl (C=O) groups excluding carboxylic acids is 2. The first-order valence-corrected chi connectivity index (χ1v) is 10.9. The topological polar surface area (TPSA) is 138 Å². The Morgan fingerprint density at radius 3 is 2.61 bits per heavy atom. The second kappa shape index (κ2) is 10.6. The number of hydrogen-bond donors (Lipinski definition) is 4. The minimum atomic E-state index is -1.70.